The van der Waals surface area contributed by atoms with E-state index >= 15 is 0 Å². The largest absolute Gasteiger partial charge is 0.347 e. The molecule has 0 atom stereocenters. The van der Waals surface area contributed by atoms with Gasteiger partial charge in [-0.3, -0.25) is 9.59 Å². The van der Waals surface area contributed by atoms with E-state index in [2.05, 4.69) is 10.3 Å². The highest BCUT2D eigenvalue weighted by Gasteiger charge is 2.24. The van der Waals surface area contributed by atoms with Crippen LogP contribution in [0, 0.1) is 5.82 Å². The highest BCUT2D eigenvalue weighted by molar-refractivity contribution is 6.06. The molecule has 6 heteroatoms. The van der Waals surface area contributed by atoms with Gasteiger partial charge < -0.3 is 10.2 Å². The highest BCUT2D eigenvalue weighted by Crippen LogP contribution is 2.27. The van der Waals surface area contributed by atoms with Gasteiger partial charge in [-0.1, -0.05) is 36.4 Å². The molecule has 1 aromatic heterocycles. The molecule has 3 aromatic rings. The van der Waals surface area contributed by atoms with Crippen LogP contribution in [0.1, 0.15) is 38.5 Å². The van der Waals surface area contributed by atoms with Crippen molar-refractivity contribution in [3.05, 3.63) is 95.1 Å². The van der Waals surface area contributed by atoms with E-state index in [-0.39, 0.29) is 35.6 Å². The number of halogens is 1. The summed E-state index contributed by atoms with van der Waals surface area (Å²) in [5.74, 6) is -0.930. The SMILES string of the molecule is O=C(NCc1ccc(F)cc1)c1cccc(C(=O)N2CCCc3ccccc32)n1. The Labute approximate surface area is 168 Å². The minimum absolute atomic E-state index is 0.170. The third-order valence-electron chi connectivity index (χ3n) is 4.92. The Morgan fingerprint density at radius 3 is 2.55 bits per heavy atom. The number of carbonyl (C=O) groups excluding carboxylic acids is 2. The van der Waals surface area contributed by atoms with E-state index < -0.39 is 0 Å². The minimum atomic E-state index is -0.386. The van der Waals surface area contributed by atoms with Crippen molar-refractivity contribution in [3.63, 3.8) is 0 Å². The van der Waals surface area contributed by atoms with E-state index in [9.17, 15) is 14.0 Å². The first-order valence-corrected chi connectivity index (χ1v) is 9.51. The van der Waals surface area contributed by atoms with Crippen molar-refractivity contribution in [1.29, 1.82) is 0 Å². The topological polar surface area (TPSA) is 62.3 Å². The first-order valence-electron chi connectivity index (χ1n) is 9.51. The Morgan fingerprint density at radius 1 is 0.966 bits per heavy atom. The number of hydrogen-bond acceptors (Lipinski definition) is 3. The Bertz CT molecular complexity index is 1050. The monoisotopic (exact) mass is 389 g/mol. The summed E-state index contributed by atoms with van der Waals surface area (Å²) in [7, 11) is 0. The lowest BCUT2D eigenvalue weighted by Crippen LogP contribution is -2.36. The van der Waals surface area contributed by atoms with Crippen molar-refractivity contribution in [2.24, 2.45) is 0 Å². The fourth-order valence-electron chi connectivity index (χ4n) is 3.44. The minimum Gasteiger partial charge on any atom is -0.347 e. The van der Waals surface area contributed by atoms with Crippen molar-refractivity contribution < 1.29 is 14.0 Å². The predicted molar refractivity (Wildman–Crippen MR) is 108 cm³/mol. The van der Waals surface area contributed by atoms with Crippen LogP contribution in [0.2, 0.25) is 0 Å². The van der Waals surface area contributed by atoms with Gasteiger partial charge in [0.1, 0.15) is 17.2 Å². The molecule has 0 unspecified atom stereocenters. The van der Waals surface area contributed by atoms with Gasteiger partial charge in [-0.25, -0.2) is 9.37 Å². The zero-order valence-electron chi connectivity index (χ0n) is 15.8. The first-order chi connectivity index (χ1) is 14.1. The predicted octanol–water partition coefficient (Wildman–Crippen LogP) is 3.74. The number of nitrogens with one attached hydrogen (secondary N) is 1. The second-order valence-corrected chi connectivity index (χ2v) is 6.91. The van der Waals surface area contributed by atoms with Crippen LogP contribution in [-0.2, 0) is 13.0 Å². The van der Waals surface area contributed by atoms with Crippen LogP contribution in [0.5, 0.6) is 0 Å². The van der Waals surface area contributed by atoms with Gasteiger partial charge in [0.05, 0.1) is 0 Å². The molecule has 0 fully saturated rings. The lowest BCUT2D eigenvalue weighted by Gasteiger charge is -2.29. The standard InChI is InChI=1S/C23H20FN3O2/c24-18-12-10-16(11-13-18)15-25-22(28)19-7-3-8-20(26-19)23(29)27-14-4-6-17-5-1-2-9-21(17)27/h1-3,5,7-13H,4,6,14-15H2,(H,25,28). The maximum absolute atomic E-state index is 13.0. The zero-order valence-corrected chi connectivity index (χ0v) is 15.8. The van der Waals surface area contributed by atoms with Crippen molar-refractivity contribution in [2.75, 3.05) is 11.4 Å². The molecule has 0 spiro atoms. The summed E-state index contributed by atoms with van der Waals surface area (Å²) in [5, 5.41) is 2.75. The highest BCUT2D eigenvalue weighted by atomic mass is 19.1. The number of anilines is 1. The number of para-hydroxylation sites is 1. The number of amides is 2. The number of fused-ring (bicyclic) bond motifs is 1. The number of aromatic nitrogens is 1. The molecule has 0 aliphatic carbocycles. The average Bonchev–Trinajstić information content (AvgIpc) is 2.77. The summed E-state index contributed by atoms with van der Waals surface area (Å²) >= 11 is 0. The van der Waals surface area contributed by atoms with Gasteiger partial charge in [-0.05, 0) is 54.3 Å². The summed E-state index contributed by atoms with van der Waals surface area (Å²) in [6.45, 7) is 0.872. The van der Waals surface area contributed by atoms with E-state index in [1.807, 2.05) is 24.3 Å². The van der Waals surface area contributed by atoms with Gasteiger partial charge in [0.15, 0.2) is 0 Å². The number of carbonyl (C=O) groups is 2. The molecule has 4 rings (SSSR count). The Hall–Kier alpha value is -3.54. The van der Waals surface area contributed by atoms with Gasteiger partial charge in [0, 0.05) is 18.8 Å². The van der Waals surface area contributed by atoms with Crippen LogP contribution in [0.25, 0.3) is 0 Å². The van der Waals surface area contributed by atoms with Crippen LogP contribution in [0.4, 0.5) is 10.1 Å². The second kappa shape index (κ2) is 8.22. The van der Waals surface area contributed by atoms with E-state index in [4.69, 9.17) is 0 Å². The lowest BCUT2D eigenvalue weighted by molar-refractivity contribution is 0.0945. The van der Waals surface area contributed by atoms with Crippen LogP contribution in [-0.4, -0.2) is 23.3 Å². The molecule has 2 aromatic carbocycles. The molecule has 29 heavy (non-hydrogen) atoms. The molecule has 0 bridgehead atoms. The van der Waals surface area contributed by atoms with E-state index in [0.29, 0.717) is 6.54 Å². The molecule has 1 aliphatic rings. The lowest BCUT2D eigenvalue weighted by atomic mass is 10.0. The zero-order chi connectivity index (χ0) is 20.2. The molecule has 5 nitrogen and oxygen atoms in total. The first kappa shape index (κ1) is 18.8. The van der Waals surface area contributed by atoms with E-state index in [0.717, 1.165) is 29.7 Å². The fraction of sp³-hybridized carbons (Fsp3) is 0.174. The van der Waals surface area contributed by atoms with Gasteiger partial charge in [-0.2, -0.15) is 0 Å². The molecule has 0 radical (unpaired) electrons. The second-order valence-electron chi connectivity index (χ2n) is 6.91. The molecule has 2 amide bonds. The van der Waals surface area contributed by atoms with Crippen molar-refractivity contribution in [2.45, 2.75) is 19.4 Å². The summed E-state index contributed by atoms with van der Waals surface area (Å²) < 4.78 is 13.0. The van der Waals surface area contributed by atoms with Gasteiger partial charge in [-0.15, -0.1) is 0 Å². The van der Waals surface area contributed by atoms with Crippen LogP contribution in [0.15, 0.2) is 66.7 Å². The van der Waals surface area contributed by atoms with Crippen LogP contribution >= 0.6 is 0 Å². The van der Waals surface area contributed by atoms with Crippen molar-refractivity contribution >= 4 is 17.5 Å². The number of pyridine rings is 1. The van der Waals surface area contributed by atoms with Crippen molar-refractivity contribution in [1.82, 2.24) is 10.3 Å². The van der Waals surface area contributed by atoms with Crippen molar-refractivity contribution in [3.8, 4) is 0 Å². The molecular weight excluding hydrogens is 369 g/mol. The quantitative estimate of drug-likeness (QED) is 0.739. The molecule has 146 valence electrons. The third kappa shape index (κ3) is 4.16. The van der Waals surface area contributed by atoms with E-state index in [1.54, 1.807) is 35.2 Å². The summed E-state index contributed by atoms with van der Waals surface area (Å²) in [6.07, 6.45) is 1.83. The number of hydrogen-bond donors (Lipinski definition) is 1. The maximum Gasteiger partial charge on any atom is 0.276 e. The molecule has 0 saturated carbocycles. The summed E-state index contributed by atoms with van der Waals surface area (Å²) in [4.78, 5) is 31.5. The smallest absolute Gasteiger partial charge is 0.276 e. The molecule has 1 aliphatic heterocycles. The fourth-order valence-corrected chi connectivity index (χ4v) is 3.44. The normalized spacial score (nSPS) is 12.9. The van der Waals surface area contributed by atoms with Gasteiger partial charge in [0.25, 0.3) is 11.8 Å². The molecular formula is C23H20FN3O2. The average molecular weight is 389 g/mol. The van der Waals surface area contributed by atoms with Crippen LogP contribution < -0.4 is 10.2 Å². The maximum atomic E-state index is 13.0. The molecule has 2 heterocycles. The number of rotatable bonds is 4. The summed E-state index contributed by atoms with van der Waals surface area (Å²) in [5.41, 5.74) is 3.22. The van der Waals surface area contributed by atoms with E-state index in [1.165, 1.54) is 12.1 Å². The third-order valence-corrected chi connectivity index (χ3v) is 4.92. The molecule has 1 N–H and O–H groups in total. The summed E-state index contributed by atoms with van der Waals surface area (Å²) in [6, 6.07) is 18.6. The molecule has 0 saturated heterocycles. The Morgan fingerprint density at radius 2 is 1.72 bits per heavy atom. The number of benzene rings is 2. The van der Waals surface area contributed by atoms with Gasteiger partial charge >= 0.3 is 0 Å². The Kier molecular flexibility index (Phi) is 5.33. The number of aryl methyl sites for hydroxylation is 1. The van der Waals surface area contributed by atoms with Crippen LogP contribution in [0.3, 0.4) is 0 Å². The van der Waals surface area contributed by atoms with Gasteiger partial charge in [0.2, 0.25) is 0 Å². The Balaban J connectivity index is 1.49. The number of nitrogens with zero attached hydrogens (tertiary/aromatic N) is 2.